The van der Waals surface area contributed by atoms with Crippen molar-refractivity contribution in [2.75, 3.05) is 6.61 Å². The highest BCUT2D eigenvalue weighted by atomic mass is 16.5. The minimum absolute atomic E-state index is 0.165. The predicted molar refractivity (Wildman–Crippen MR) is 76.0 cm³/mol. The average Bonchev–Trinajstić information content (AvgIpc) is 2.48. The van der Waals surface area contributed by atoms with Crippen molar-refractivity contribution in [3.05, 3.63) is 71.8 Å². The summed E-state index contributed by atoms with van der Waals surface area (Å²) in [5, 5.41) is 0. The molecule has 0 saturated carbocycles. The largest absolute Gasteiger partial charge is 0.465 e. The van der Waals surface area contributed by atoms with Gasteiger partial charge in [0, 0.05) is 6.42 Å². The van der Waals surface area contributed by atoms with Crippen LogP contribution in [0.3, 0.4) is 0 Å². The van der Waals surface area contributed by atoms with Crippen LogP contribution in [0.15, 0.2) is 60.7 Å². The molecule has 0 unspecified atom stereocenters. The minimum atomic E-state index is -0.211. The molecule has 0 fully saturated rings. The van der Waals surface area contributed by atoms with E-state index in [1.165, 1.54) is 5.56 Å². The molecule has 0 bridgehead atoms. The monoisotopic (exact) mass is 254 g/mol. The lowest BCUT2D eigenvalue weighted by Crippen LogP contribution is -2.14. The number of carbonyl (C=O) groups excluding carboxylic acids is 1. The van der Waals surface area contributed by atoms with E-state index < -0.39 is 0 Å². The third kappa shape index (κ3) is 3.95. The van der Waals surface area contributed by atoms with Crippen LogP contribution < -0.4 is 0 Å². The summed E-state index contributed by atoms with van der Waals surface area (Å²) >= 11 is 0. The van der Waals surface area contributed by atoms with Gasteiger partial charge >= 0.3 is 5.97 Å². The first-order valence-corrected chi connectivity index (χ1v) is 6.53. The zero-order chi connectivity index (χ0) is 13.5. The van der Waals surface area contributed by atoms with Crippen LogP contribution in [-0.2, 0) is 16.0 Å². The summed E-state index contributed by atoms with van der Waals surface area (Å²) < 4.78 is 5.32. The fraction of sp³-hybridized carbons (Fsp3) is 0.235. The number of ether oxygens (including phenoxy) is 1. The molecule has 2 aromatic carbocycles. The van der Waals surface area contributed by atoms with Crippen LogP contribution in [0.4, 0.5) is 0 Å². The quantitative estimate of drug-likeness (QED) is 0.762. The molecule has 0 spiro atoms. The molecule has 2 rings (SSSR count). The fourth-order valence-electron chi connectivity index (χ4n) is 1.92. The molecular formula is C17H18O2. The van der Waals surface area contributed by atoms with Gasteiger partial charge in [-0.15, -0.1) is 0 Å². The molecule has 0 N–H and O–H groups in total. The van der Waals surface area contributed by atoms with E-state index in [0.29, 0.717) is 6.61 Å². The molecule has 2 nitrogen and oxygen atoms in total. The summed E-state index contributed by atoms with van der Waals surface area (Å²) in [6.45, 7) is 2.31. The maximum absolute atomic E-state index is 11.9. The molecule has 0 heterocycles. The molecule has 0 radical (unpaired) electrons. The lowest BCUT2D eigenvalue weighted by molar-refractivity contribution is -0.144. The number of carbonyl (C=O) groups is 1. The summed E-state index contributed by atoms with van der Waals surface area (Å²) in [6.07, 6.45) is 0.758. The Balaban J connectivity index is 1.82. The van der Waals surface area contributed by atoms with Crippen molar-refractivity contribution in [1.82, 2.24) is 0 Å². The van der Waals surface area contributed by atoms with Gasteiger partial charge in [0.25, 0.3) is 0 Å². The fourth-order valence-corrected chi connectivity index (χ4v) is 1.92. The van der Waals surface area contributed by atoms with Crippen molar-refractivity contribution in [2.24, 2.45) is 0 Å². The maximum atomic E-state index is 11.9. The first-order valence-electron chi connectivity index (χ1n) is 6.53. The Morgan fingerprint density at radius 3 is 2.21 bits per heavy atom. The second kappa shape index (κ2) is 6.74. The molecule has 0 amide bonds. The summed E-state index contributed by atoms with van der Waals surface area (Å²) in [6, 6.07) is 19.7. The lowest BCUT2D eigenvalue weighted by atomic mass is 10.0. The molecule has 0 aliphatic heterocycles. The Morgan fingerprint density at radius 2 is 1.58 bits per heavy atom. The second-order valence-corrected chi connectivity index (χ2v) is 4.54. The average molecular weight is 254 g/mol. The maximum Gasteiger partial charge on any atom is 0.313 e. The van der Waals surface area contributed by atoms with E-state index in [4.69, 9.17) is 4.74 Å². The van der Waals surface area contributed by atoms with Crippen molar-refractivity contribution in [3.63, 3.8) is 0 Å². The molecule has 0 aliphatic rings. The van der Waals surface area contributed by atoms with E-state index in [9.17, 15) is 4.79 Å². The number of esters is 1. The first-order chi connectivity index (χ1) is 9.27. The summed E-state index contributed by atoms with van der Waals surface area (Å²) in [7, 11) is 0. The van der Waals surface area contributed by atoms with Crippen molar-refractivity contribution >= 4 is 5.97 Å². The SMILES string of the molecule is C[C@@H](C(=O)OCCc1ccccc1)c1ccccc1. The van der Waals surface area contributed by atoms with E-state index in [2.05, 4.69) is 0 Å². The van der Waals surface area contributed by atoms with Gasteiger partial charge in [-0.3, -0.25) is 4.79 Å². The van der Waals surface area contributed by atoms with Crippen LogP contribution in [0.25, 0.3) is 0 Å². The smallest absolute Gasteiger partial charge is 0.313 e. The van der Waals surface area contributed by atoms with Crippen molar-refractivity contribution < 1.29 is 9.53 Å². The Kier molecular flexibility index (Phi) is 4.73. The molecule has 1 atom stereocenters. The Morgan fingerprint density at radius 1 is 1.00 bits per heavy atom. The van der Waals surface area contributed by atoms with Crippen molar-refractivity contribution in [2.45, 2.75) is 19.3 Å². The topological polar surface area (TPSA) is 26.3 Å². The standard InChI is InChI=1S/C17H18O2/c1-14(16-10-6-3-7-11-16)17(18)19-13-12-15-8-4-2-5-9-15/h2-11,14H,12-13H2,1H3/t14-/m1/s1. The predicted octanol–water partition coefficient (Wildman–Crippen LogP) is 3.58. The number of hydrogen-bond acceptors (Lipinski definition) is 2. The summed E-state index contributed by atoms with van der Waals surface area (Å²) in [5.74, 6) is -0.376. The van der Waals surface area contributed by atoms with Gasteiger partial charge in [0.2, 0.25) is 0 Å². The van der Waals surface area contributed by atoms with Crippen LogP contribution in [-0.4, -0.2) is 12.6 Å². The zero-order valence-corrected chi connectivity index (χ0v) is 11.1. The van der Waals surface area contributed by atoms with Gasteiger partial charge in [0.05, 0.1) is 12.5 Å². The molecule has 2 aromatic rings. The van der Waals surface area contributed by atoms with Crippen LogP contribution in [0, 0.1) is 0 Å². The molecular weight excluding hydrogens is 236 g/mol. The third-order valence-corrected chi connectivity index (χ3v) is 3.13. The van der Waals surface area contributed by atoms with Crippen LogP contribution in [0.2, 0.25) is 0 Å². The molecule has 0 aliphatic carbocycles. The van der Waals surface area contributed by atoms with Crippen LogP contribution in [0.5, 0.6) is 0 Å². The number of rotatable bonds is 5. The van der Waals surface area contributed by atoms with E-state index in [1.807, 2.05) is 67.6 Å². The molecule has 19 heavy (non-hydrogen) atoms. The highest BCUT2D eigenvalue weighted by Crippen LogP contribution is 2.16. The Hall–Kier alpha value is -2.09. The van der Waals surface area contributed by atoms with Crippen LogP contribution >= 0.6 is 0 Å². The van der Waals surface area contributed by atoms with E-state index >= 15 is 0 Å². The third-order valence-electron chi connectivity index (χ3n) is 3.13. The number of hydrogen-bond donors (Lipinski definition) is 0. The first kappa shape index (κ1) is 13.3. The second-order valence-electron chi connectivity index (χ2n) is 4.54. The highest BCUT2D eigenvalue weighted by Gasteiger charge is 2.15. The normalized spacial score (nSPS) is 11.8. The molecule has 98 valence electrons. The molecule has 2 heteroatoms. The molecule has 0 saturated heterocycles. The zero-order valence-electron chi connectivity index (χ0n) is 11.1. The van der Waals surface area contributed by atoms with E-state index in [1.54, 1.807) is 0 Å². The summed E-state index contributed by atoms with van der Waals surface area (Å²) in [4.78, 5) is 11.9. The van der Waals surface area contributed by atoms with Gasteiger partial charge in [-0.2, -0.15) is 0 Å². The Labute approximate surface area is 114 Å². The minimum Gasteiger partial charge on any atom is -0.465 e. The van der Waals surface area contributed by atoms with Gasteiger partial charge in [0.15, 0.2) is 0 Å². The lowest BCUT2D eigenvalue weighted by Gasteiger charge is -2.11. The van der Waals surface area contributed by atoms with E-state index in [0.717, 1.165) is 12.0 Å². The van der Waals surface area contributed by atoms with Crippen molar-refractivity contribution in [1.29, 1.82) is 0 Å². The van der Waals surface area contributed by atoms with Crippen LogP contribution in [0.1, 0.15) is 24.0 Å². The van der Waals surface area contributed by atoms with Gasteiger partial charge in [-0.25, -0.2) is 0 Å². The highest BCUT2D eigenvalue weighted by molar-refractivity contribution is 5.77. The van der Waals surface area contributed by atoms with E-state index in [-0.39, 0.29) is 11.9 Å². The molecule has 0 aromatic heterocycles. The van der Waals surface area contributed by atoms with Gasteiger partial charge < -0.3 is 4.74 Å². The van der Waals surface area contributed by atoms with Gasteiger partial charge in [-0.05, 0) is 18.1 Å². The number of benzene rings is 2. The van der Waals surface area contributed by atoms with Gasteiger partial charge in [-0.1, -0.05) is 60.7 Å². The summed E-state index contributed by atoms with van der Waals surface area (Å²) in [5.41, 5.74) is 2.18. The van der Waals surface area contributed by atoms with Crippen molar-refractivity contribution in [3.8, 4) is 0 Å². The Bertz CT molecular complexity index is 505. The van der Waals surface area contributed by atoms with Gasteiger partial charge in [0.1, 0.15) is 0 Å².